The minimum atomic E-state index is -0.108. The summed E-state index contributed by atoms with van der Waals surface area (Å²) in [5.74, 6) is 0.809. The molecule has 0 spiro atoms. The number of nitrogens with zero attached hydrogens (tertiary/aromatic N) is 2. The highest BCUT2D eigenvalue weighted by Crippen LogP contribution is 2.26. The summed E-state index contributed by atoms with van der Waals surface area (Å²) in [6.07, 6.45) is 2.19. The molecule has 27 heavy (non-hydrogen) atoms. The van der Waals surface area contributed by atoms with Crippen LogP contribution in [-0.4, -0.2) is 35.4 Å². The molecule has 1 unspecified atom stereocenters. The Balaban J connectivity index is 1.44. The third-order valence-corrected chi connectivity index (χ3v) is 4.71. The predicted octanol–water partition coefficient (Wildman–Crippen LogP) is 3.62. The number of carbonyl (C=O) groups excluding carboxylic acids is 1. The van der Waals surface area contributed by atoms with E-state index in [0.717, 1.165) is 36.1 Å². The first kappa shape index (κ1) is 17.4. The van der Waals surface area contributed by atoms with Crippen molar-refractivity contribution in [2.45, 2.75) is 25.9 Å². The van der Waals surface area contributed by atoms with Crippen LogP contribution in [0, 0.1) is 6.92 Å². The van der Waals surface area contributed by atoms with Crippen LogP contribution in [0.1, 0.15) is 28.8 Å². The number of amides is 1. The van der Waals surface area contributed by atoms with E-state index in [-0.39, 0.29) is 12.0 Å². The lowest BCUT2D eigenvalue weighted by molar-refractivity contribution is 0.0858. The number of ether oxygens (including phenoxy) is 1. The van der Waals surface area contributed by atoms with E-state index in [2.05, 4.69) is 15.5 Å². The minimum Gasteiger partial charge on any atom is -0.416 e. The van der Waals surface area contributed by atoms with E-state index in [0.29, 0.717) is 23.9 Å². The van der Waals surface area contributed by atoms with Gasteiger partial charge in [0.2, 0.25) is 11.8 Å². The molecule has 6 heteroatoms. The molecule has 0 radical (unpaired) electrons. The molecule has 1 amide bonds. The van der Waals surface area contributed by atoms with E-state index in [1.807, 2.05) is 43.3 Å². The van der Waals surface area contributed by atoms with Crippen LogP contribution in [0.2, 0.25) is 0 Å². The van der Waals surface area contributed by atoms with E-state index in [1.54, 1.807) is 12.1 Å². The second kappa shape index (κ2) is 7.72. The molecular weight excluding hydrogens is 342 g/mol. The van der Waals surface area contributed by atoms with Crippen LogP contribution in [0.15, 0.2) is 52.9 Å². The van der Waals surface area contributed by atoms with Crippen molar-refractivity contribution in [3.63, 3.8) is 0 Å². The summed E-state index contributed by atoms with van der Waals surface area (Å²) in [7, 11) is 0. The third-order valence-electron chi connectivity index (χ3n) is 4.71. The van der Waals surface area contributed by atoms with Crippen LogP contribution in [0.3, 0.4) is 0 Å². The molecule has 138 valence electrons. The fourth-order valence-electron chi connectivity index (χ4n) is 3.14. The molecule has 1 fully saturated rings. The Labute approximate surface area is 157 Å². The van der Waals surface area contributed by atoms with Crippen molar-refractivity contribution < 1.29 is 13.9 Å². The number of nitrogens with one attached hydrogen (secondary N) is 1. The Kier molecular flexibility index (Phi) is 4.98. The van der Waals surface area contributed by atoms with Crippen molar-refractivity contribution in [2.24, 2.45) is 0 Å². The molecule has 3 aromatic rings. The normalized spacial score (nSPS) is 16.4. The lowest BCUT2D eigenvalue weighted by Crippen LogP contribution is -2.31. The van der Waals surface area contributed by atoms with Crippen molar-refractivity contribution in [1.29, 1.82) is 0 Å². The number of rotatable bonds is 5. The maximum Gasteiger partial charge on any atom is 0.251 e. The Morgan fingerprint density at radius 3 is 2.63 bits per heavy atom. The van der Waals surface area contributed by atoms with Crippen LogP contribution in [0.4, 0.5) is 0 Å². The van der Waals surface area contributed by atoms with Gasteiger partial charge in [-0.1, -0.05) is 18.2 Å². The molecule has 1 atom stereocenters. The van der Waals surface area contributed by atoms with Gasteiger partial charge in [0.25, 0.3) is 5.91 Å². The van der Waals surface area contributed by atoms with Gasteiger partial charge in [0.1, 0.15) is 0 Å². The Hall–Kier alpha value is -2.99. The highest BCUT2D eigenvalue weighted by molar-refractivity contribution is 5.94. The van der Waals surface area contributed by atoms with Gasteiger partial charge >= 0.3 is 0 Å². The minimum absolute atomic E-state index is 0.108. The van der Waals surface area contributed by atoms with Gasteiger partial charge in [0, 0.05) is 29.8 Å². The standard InChI is InChI=1S/C21H21N3O3/c1-14-5-2-3-7-18(14)21-24-23-20(27-21)16-10-8-15(9-11-16)19(25)22-13-17-6-4-12-26-17/h2-3,5,7-11,17H,4,6,12-13H2,1H3,(H,22,25). The number of benzene rings is 2. The van der Waals surface area contributed by atoms with Crippen LogP contribution in [0.5, 0.6) is 0 Å². The Morgan fingerprint density at radius 2 is 1.89 bits per heavy atom. The SMILES string of the molecule is Cc1ccccc1-c1nnc(-c2ccc(C(=O)NCC3CCCO3)cc2)o1. The molecule has 0 saturated carbocycles. The molecule has 0 bridgehead atoms. The number of hydrogen-bond acceptors (Lipinski definition) is 5. The van der Waals surface area contributed by atoms with Gasteiger partial charge in [-0.2, -0.15) is 0 Å². The van der Waals surface area contributed by atoms with Gasteiger partial charge in [-0.25, -0.2) is 0 Å². The molecule has 0 aliphatic carbocycles. The van der Waals surface area contributed by atoms with Crippen LogP contribution in [-0.2, 0) is 4.74 Å². The van der Waals surface area contributed by atoms with Crippen molar-refractivity contribution in [3.05, 3.63) is 59.7 Å². The van der Waals surface area contributed by atoms with Gasteiger partial charge in [-0.3, -0.25) is 4.79 Å². The van der Waals surface area contributed by atoms with E-state index in [1.165, 1.54) is 0 Å². The monoisotopic (exact) mass is 363 g/mol. The molecule has 1 aromatic heterocycles. The molecule has 1 N–H and O–H groups in total. The van der Waals surface area contributed by atoms with Crippen LogP contribution < -0.4 is 5.32 Å². The maximum atomic E-state index is 12.3. The van der Waals surface area contributed by atoms with Crippen molar-refractivity contribution in [2.75, 3.05) is 13.2 Å². The predicted molar refractivity (Wildman–Crippen MR) is 101 cm³/mol. The van der Waals surface area contributed by atoms with Crippen LogP contribution in [0.25, 0.3) is 22.9 Å². The van der Waals surface area contributed by atoms with Gasteiger partial charge in [0.15, 0.2) is 0 Å². The number of aryl methyl sites for hydroxylation is 1. The quantitative estimate of drug-likeness (QED) is 0.749. The van der Waals surface area contributed by atoms with E-state index in [4.69, 9.17) is 9.15 Å². The highest BCUT2D eigenvalue weighted by atomic mass is 16.5. The Morgan fingerprint density at radius 1 is 1.11 bits per heavy atom. The van der Waals surface area contributed by atoms with E-state index in [9.17, 15) is 4.79 Å². The Bertz CT molecular complexity index is 928. The summed E-state index contributed by atoms with van der Waals surface area (Å²) in [6, 6.07) is 15.0. The lowest BCUT2D eigenvalue weighted by Gasteiger charge is -2.10. The van der Waals surface area contributed by atoms with Gasteiger partial charge in [0.05, 0.1) is 6.10 Å². The first-order valence-corrected chi connectivity index (χ1v) is 9.10. The largest absolute Gasteiger partial charge is 0.416 e. The molecule has 1 aliphatic heterocycles. The third kappa shape index (κ3) is 3.90. The lowest BCUT2D eigenvalue weighted by atomic mass is 10.1. The summed E-state index contributed by atoms with van der Waals surface area (Å²) in [5, 5.41) is 11.2. The molecule has 1 aliphatic rings. The van der Waals surface area contributed by atoms with Crippen molar-refractivity contribution in [1.82, 2.24) is 15.5 Å². The molecule has 2 heterocycles. The fraction of sp³-hybridized carbons (Fsp3) is 0.286. The first-order chi connectivity index (χ1) is 13.2. The number of aromatic nitrogens is 2. The van der Waals surface area contributed by atoms with Crippen molar-refractivity contribution in [3.8, 4) is 22.9 Å². The summed E-state index contributed by atoms with van der Waals surface area (Å²) < 4.78 is 11.3. The summed E-state index contributed by atoms with van der Waals surface area (Å²) >= 11 is 0. The second-order valence-corrected chi connectivity index (χ2v) is 6.65. The summed E-state index contributed by atoms with van der Waals surface area (Å²) in [6.45, 7) is 3.33. The van der Waals surface area contributed by atoms with Crippen LogP contribution >= 0.6 is 0 Å². The number of hydrogen-bond donors (Lipinski definition) is 1. The fourth-order valence-corrected chi connectivity index (χ4v) is 3.14. The zero-order valence-corrected chi connectivity index (χ0v) is 15.1. The first-order valence-electron chi connectivity index (χ1n) is 9.10. The topological polar surface area (TPSA) is 77.2 Å². The van der Waals surface area contributed by atoms with Gasteiger partial charge < -0.3 is 14.5 Å². The highest BCUT2D eigenvalue weighted by Gasteiger charge is 2.17. The number of carbonyl (C=O) groups is 1. The average Bonchev–Trinajstić information content (AvgIpc) is 3.39. The zero-order valence-electron chi connectivity index (χ0n) is 15.1. The smallest absolute Gasteiger partial charge is 0.251 e. The second-order valence-electron chi connectivity index (χ2n) is 6.65. The molecule has 1 saturated heterocycles. The van der Waals surface area contributed by atoms with E-state index < -0.39 is 0 Å². The average molecular weight is 363 g/mol. The van der Waals surface area contributed by atoms with Gasteiger partial charge in [-0.15, -0.1) is 10.2 Å². The molecule has 6 nitrogen and oxygen atoms in total. The maximum absolute atomic E-state index is 12.3. The van der Waals surface area contributed by atoms with E-state index >= 15 is 0 Å². The molecular formula is C21H21N3O3. The van der Waals surface area contributed by atoms with Gasteiger partial charge in [-0.05, 0) is 55.7 Å². The summed E-state index contributed by atoms with van der Waals surface area (Å²) in [5.41, 5.74) is 3.36. The zero-order chi connectivity index (χ0) is 18.6. The molecule has 2 aromatic carbocycles. The van der Waals surface area contributed by atoms with Crippen molar-refractivity contribution >= 4 is 5.91 Å². The summed E-state index contributed by atoms with van der Waals surface area (Å²) in [4.78, 5) is 12.3. The molecule has 4 rings (SSSR count).